The molecule has 1 N–H and O–H groups in total. The highest BCUT2D eigenvalue weighted by Crippen LogP contribution is 2.31. The van der Waals surface area contributed by atoms with Crippen LogP contribution in [0.4, 0.5) is 0 Å². The van der Waals surface area contributed by atoms with Crippen molar-refractivity contribution in [3.8, 4) is 0 Å². The minimum absolute atomic E-state index is 0.541. The zero-order valence-corrected chi connectivity index (χ0v) is 9.46. The molecule has 80 valence electrons. The monoisotopic (exact) mass is 202 g/mol. The molecule has 2 heteroatoms. The van der Waals surface area contributed by atoms with Crippen molar-refractivity contribution < 1.29 is 0 Å². The van der Waals surface area contributed by atoms with Gasteiger partial charge < -0.3 is 4.90 Å². The van der Waals surface area contributed by atoms with Gasteiger partial charge in [-0.15, -0.1) is 0 Å². The number of amidine groups is 1. The summed E-state index contributed by atoms with van der Waals surface area (Å²) in [7, 11) is 2.02. The normalized spacial score (nSPS) is 15.1. The molecule has 2 rings (SSSR count). The summed E-state index contributed by atoms with van der Waals surface area (Å²) in [5.74, 6) is 1.34. The van der Waals surface area contributed by atoms with Crippen LogP contribution >= 0.6 is 0 Å². The molecule has 0 aliphatic heterocycles. The minimum atomic E-state index is 0.541. The fourth-order valence-electron chi connectivity index (χ4n) is 1.80. The molecule has 0 spiro atoms. The van der Waals surface area contributed by atoms with E-state index in [1.54, 1.807) is 0 Å². The number of hydrogen-bond acceptors (Lipinski definition) is 1. The van der Waals surface area contributed by atoms with Crippen LogP contribution in [0.25, 0.3) is 0 Å². The van der Waals surface area contributed by atoms with Gasteiger partial charge in [0, 0.05) is 19.5 Å². The van der Waals surface area contributed by atoms with E-state index in [1.807, 2.05) is 7.05 Å². The maximum absolute atomic E-state index is 7.96. The predicted molar refractivity (Wildman–Crippen MR) is 63.1 cm³/mol. The molecule has 15 heavy (non-hydrogen) atoms. The molecule has 0 radical (unpaired) electrons. The molecule has 2 nitrogen and oxygen atoms in total. The first-order valence-electron chi connectivity index (χ1n) is 5.52. The van der Waals surface area contributed by atoms with Gasteiger partial charge in [0.05, 0.1) is 5.84 Å². The van der Waals surface area contributed by atoms with Gasteiger partial charge in [0.15, 0.2) is 0 Å². The first kappa shape index (κ1) is 10.2. The van der Waals surface area contributed by atoms with Gasteiger partial charge in [-0.2, -0.15) is 0 Å². The van der Waals surface area contributed by atoms with E-state index in [9.17, 15) is 0 Å². The Balaban J connectivity index is 2.01. The highest BCUT2D eigenvalue weighted by atomic mass is 15.1. The van der Waals surface area contributed by atoms with E-state index in [0.29, 0.717) is 5.92 Å². The maximum atomic E-state index is 7.96. The lowest BCUT2D eigenvalue weighted by atomic mass is 10.1. The van der Waals surface area contributed by atoms with Crippen LogP contribution in [0, 0.1) is 18.3 Å². The number of benzene rings is 1. The second-order valence-electron chi connectivity index (χ2n) is 4.44. The summed E-state index contributed by atoms with van der Waals surface area (Å²) in [5.41, 5.74) is 2.64. The summed E-state index contributed by atoms with van der Waals surface area (Å²) in [6, 6.07) is 8.40. The van der Waals surface area contributed by atoms with E-state index in [0.717, 1.165) is 12.4 Å². The fraction of sp³-hybridized carbons (Fsp3) is 0.462. The third-order valence-electron chi connectivity index (χ3n) is 3.04. The molecule has 1 saturated carbocycles. The van der Waals surface area contributed by atoms with Crippen molar-refractivity contribution >= 4 is 5.84 Å². The molecule has 0 saturated heterocycles. The lowest BCUT2D eigenvalue weighted by Crippen LogP contribution is -2.27. The number of rotatable bonds is 3. The average molecular weight is 202 g/mol. The van der Waals surface area contributed by atoms with Gasteiger partial charge in [0.2, 0.25) is 0 Å². The fourth-order valence-corrected chi connectivity index (χ4v) is 1.80. The maximum Gasteiger partial charge on any atom is 0.0989 e. The van der Waals surface area contributed by atoms with Crippen molar-refractivity contribution in [2.45, 2.75) is 26.3 Å². The topological polar surface area (TPSA) is 27.1 Å². The van der Waals surface area contributed by atoms with Crippen molar-refractivity contribution in [3.05, 3.63) is 35.4 Å². The Kier molecular flexibility index (Phi) is 2.76. The molecule has 0 atom stereocenters. The first-order valence-corrected chi connectivity index (χ1v) is 5.52. The van der Waals surface area contributed by atoms with Crippen molar-refractivity contribution in [3.63, 3.8) is 0 Å². The summed E-state index contributed by atoms with van der Waals surface area (Å²) in [6.45, 7) is 2.99. The Bertz CT molecular complexity index is 367. The number of nitrogens with zero attached hydrogens (tertiary/aromatic N) is 1. The Labute approximate surface area is 91.4 Å². The van der Waals surface area contributed by atoms with E-state index < -0.39 is 0 Å². The second kappa shape index (κ2) is 4.05. The van der Waals surface area contributed by atoms with E-state index in [1.165, 1.54) is 24.0 Å². The number of nitrogens with one attached hydrogen (secondary N) is 1. The molecule has 1 fully saturated rings. The van der Waals surface area contributed by atoms with Crippen LogP contribution in [-0.2, 0) is 6.54 Å². The Morgan fingerprint density at radius 1 is 1.40 bits per heavy atom. The second-order valence-corrected chi connectivity index (χ2v) is 4.44. The highest BCUT2D eigenvalue weighted by Gasteiger charge is 2.28. The molecule has 0 aromatic heterocycles. The first-order chi connectivity index (χ1) is 7.18. The molecule has 1 aromatic carbocycles. The summed E-state index contributed by atoms with van der Waals surface area (Å²) >= 11 is 0. The molecule has 1 aliphatic rings. The quantitative estimate of drug-likeness (QED) is 0.592. The lowest BCUT2D eigenvalue weighted by Gasteiger charge is -2.20. The molecule has 0 bridgehead atoms. The largest absolute Gasteiger partial charge is 0.359 e. The SMILES string of the molecule is Cc1ccccc1CN(C)C(=N)C1CC1. The van der Waals surface area contributed by atoms with Crippen LogP contribution in [0.2, 0.25) is 0 Å². The van der Waals surface area contributed by atoms with Crippen molar-refractivity contribution in [1.29, 1.82) is 5.41 Å². The van der Waals surface area contributed by atoms with Crippen LogP contribution in [0.1, 0.15) is 24.0 Å². The lowest BCUT2D eigenvalue weighted by molar-refractivity contribution is 0.480. The smallest absolute Gasteiger partial charge is 0.0989 e. The van der Waals surface area contributed by atoms with Gasteiger partial charge in [-0.25, -0.2) is 0 Å². The molecule has 0 amide bonds. The van der Waals surface area contributed by atoms with E-state index >= 15 is 0 Å². The van der Waals surface area contributed by atoms with Crippen molar-refractivity contribution in [1.82, 2.24) is 4.90 Å². The molecule has 1 aromatic rings. The molecule has 0 unspecified atom stereocenters. The highest BCUT2D eigenvalue weighted by molar-refractivity contribution is 5.83. The summed E-state index contributed by atoms with van der Waals surface area (Å²) in [4.78, 5) is 2.07. The van der Waals surface area contributed by atoms with Crippen LogP contribution < -0.4 is 0 Å². The van der Waals surface area contributed by atoms with E-state index in [-0.39, 0.29) is 0 Å². The van der Waals surface area contributed by atoms with Crippen LogP contribution in [-0.4, -0.2) is 17.8 Å². The Hall–Kier alpha value is -1.31. The summed E-state index contributed by atoms with van der Waals surface area (Å²) < 4.78 is 0. The standard InChI is InChI=1S/C13H18N2/c1-10-5-3-4-6-12(10)9-15(2)13(14)11-7-8-11/h3-6,11,14H,7-9H2,1-2H3. The molecule has 1 aliphatic carbocycles. The van der Waals surface area contributed by atoms with Gasteiger partial charge in [-0.1, -0.05) is 24.3 Å². The predicted octanol–water partition coefficient (Wildman–Crippen LogP) is 2.81. The third kappa shape index (κ3) is 2.38. The Morgan fingerprint density at radius 3 is 2.67 bits per heavy atom. The summed E-state index contributed by atoms with van der Waals surface area (Å²) in [5, 5.41) is 7.96. The van der Waals surface area contributed by atoms with Gasteiger partial charge in [0.1, 0.15) is 0 Å². The van der Waals surface area contributed by atoms with Crippen molar-refractivity contribution in [2.75, 3.05) is 7.05 Å². The van der Waals surface area contributed by atoms with E-state index in [2.05, 4.69) is 36.1 Å². The molecular formula is C13H18N2. The third-order valence-corrected chi connectivity index (χ3v) is 3.04. The van der Waals surface area contributed by atoms with Crippen LogP contribution in [0.15, 0.2) is 24.3 Å². The van der Waals surface area contributed by atoms with E-state index in [4.69, 9.17) is 5.41 Å². The zero-order chi connectivity index (χ0) is 10.8. The minimum Gasteiger partial charge on any atom is -0.359 e. The number of aryl methyl sites for hydroxylation is 1. The van der Waals surface area contributed by atoms with Crippen molar-refractivity contribution in [2.24, 2.45) is 5.92 Å². The molecule has 0 heterocycles. The van der Waals surface area contributed by atoms with Crippen LogP contribution in [0.5, 0.6) is 0 Å². The van der Waals surface area contributed by atoms with Crippen LogP contribution in [0.3, 0.4) is 0 Å². The molecular weight excluding hydrogens is 184 g/mol. The summed E-state index contributed by atoms with van der Waals surface area (Å²) in [6.07, 6.45) is 2.41. The van der Waals surface area contributed by atoms with Gasteiger partial charge >= 0.3 is 0 Å². The van der Waals surface area contributed by atoms with Gasteiger partial charge in [-0.3, -0.25) is 5.41 Å². The average Bonchev–Trinajstić information content (AvgIpc) is 3.04. The van der Waals surface area contributed by atoms with Gasteiger partial charge in [0.25, 0.3) is 0 Å². The van der Waals surface area contributed by atoms with Gasteiger partial charge in [-0.05, 0) is 30.9 Å². The Morgan fingerprint density at radius 2 is 2.07 bits per heavy atom. The number of hydrogen-bond donors (Lipinski definition) is 1. The zero-order valence-electron chi connectivity index (χ0n) is 9.46.